The zero-order chi connectivity index (χ0) is 17.4. The Morgan fingerprint density at radius 3 is 2.30 bits per heavy atom. The van der Waals surface area contributed by atoms with Crippen molar-refractivity contribution in [3.8, 4) is 0 Å². The topological polar surface area (TPSA) is 87.7 Å². The van der Waals surface area contributed by atoms with Gasteiger partial charge in [-0.15, -0.1) is 0 Å². The number of carbonyl (C=O) groups excluding carboxylic acids is 3. The average Bonchev–Trinajstić information content (AvgIpc) is 2.52. The van der Waals surface area contributed by atoms with Crippen molar-refractivity contribution in [2.45, 2.75) is 19.8 Å². The van der Waals surface area contributed by atoms with Gasteiger partial charge in [0.2, 0.25) is 11.8 Å². The predicted molar refractivity (Wildman–Crippen MR) is 91.1 cm³/mol. The molecule has 124 valence electrons. The molecular formula is C15H19N3O4S. The number of nitrogens with zero attached hydrogens (tertiary/aromatic N) is 1. The number of rotatable bonds is 5. The highest BCUT2D eigenvalue weighted by Crippen LogP contribution is 2.16. The molecular weight excluding hydrogens is 318 g/mol. The number of hydrogen-bond acceptors (Lipinski definition) is 5. The minimum absolute atomic E-state index is 0.00295. The number of thiocarbonyl (C=S) groups is 1. The van der Waals surface area contributed by atoms with Gasteiger partial charge >= 0.3 is 5.97 Å². The van der Waals surface area contributed by atoms with Crippen LogP contribution in [-0.4, -0.2) is 37.1 Å². The molecule has 0 aliphatic heterocycles. The van der Waals surface area contributed by atoms with Crippen LogP contribution >= 0.6 is 12.2 Å². The van der Waals surface area contributed by atoms with Gasteiger partial charge < -0.3 is 20.3 Å². The number of esters is 1. The van der Waals surface area contributed by atoms with Crippen LogP contribution in [0.25, 0.3) is 0 Å². The summed E-state index contributed by atoms with van der Waals surface area (Å²) in [6, 6.07) is 6.99. The van der Waals surface area contributed by atoms with E-state index in [-0.39, 0.29) is 29.8 Å². The molecule has 0 aliphatic rings. The van der Waals surface area contributed by atoms with E-state index < -0.39 is 5.97 Å². The molecule has 0 aromatic heterocycles. The second kappa shape index (κ2) is 8.84. The monoisotopic (exact) mass is 337 g/mol. The highest BCUT2D eigenvalue weighted by Gasteiger charge is 2.09. The highest BCUT2D eigenvalue weighted by molar-refractivity contribution is 7.80. The Hall–Kier alpha value is -2.48. The number of ether oxygens (including phenoxy) is 1. The fraction of sp³-hybridized carbons (Fsp3) is 0.333. The largest absolute Gasteiger partial charge is 0.469 e. The van der Waals surface area contributed by atoms with Gasteiger partial charge in [0, 0.05) is 31.8 Å². The van der Waals surface area contributed by atoms with Gasteiger partial charge in [0.1, 0.15) is 0 Å². The lowest BCUT2D eigenvalue weighted by molar-refractivity contribution is -0.142. The normalized spacial score (nSPS) is 9.70. The van der Waals surface area contributed by atoms with Gasteiger partial charge in [-0.05, 0) is 36.5 Å². The minimum atomic E-state index is -0.454. The van der Waals surface area contributed by atoms with Gasteiger partial charge in [-0.3, -0.25) is 14.4 Å². The number of methoxy groups -OCH3 is 1. The number of amides is 2. The van der Waals surface area contributed by atoms with Crippen molar-refractivity contribution in [3.63, 3.8) is 0 Å². The van der Waals surface area contributed by atoms with Crippen molar-refractivity contribution in [1.29, 1.82) is 0 Å². The zero-order valence-corrected chi connectivity index (χ0v) is 14.0. The van der Waals surface area contributed by atoms with E-state index in [0.717, 1.165) is 5.69 Å². The molecule has 0 heterocycles. The molecule has 23 heavy (non-hydrogen) atoms. The Morgan fingerprint density at radius 2 is 1.78 bits per heavy atom. The van der Waals surface area contributed by atoms with Crippen molar-refractivity contribution in [2.24, 2.45) is 0 Å². The van der Waals surface area contributed by atoms with E-state index in [4.69, 9.17) is 12.2 Å². The lowest BCUT2D eigenvalue weighted by Gasteiger charge is -2.15. The first-order chi connectivity index (χ1) is 10.8. The molecule has 7 nitrogen and oxygen atoms in total. The van der Waals surface area contributed by atoms with E-state index in [1.807, 2.05) is 0 Å². The third-order valence-electron chi connectivity index (χ3n) is 3.02. The summed E-state index contributed by atoms with van der Waals surface area (Å²) in [7, 11) is 2.94. The minimum Gasteiger partial charge on any atom is -0.469 e. The molecule has 2 amide bonds. The van der Waals surface area contributed by atoms with E-state index in [2.05, 4.69) is 15.4 Å². The van der Waals surface area contributed by atoms with Crippen molar-refractivity contribution in [1.82, 2.24) is 5.32 Å². The molecule has 0 bridgehead atoms. The summed E-state index contributed by atoms with van der Waals surface area (Å²) in [4.78, 5) is 35.3. The fourth-order valence-corrected chi connectivity index (χ4v) is 1.85. The quantitative estimate of drug-likeness (QED) is 0.624. The fourth-order valence-electron chi connectivity index (χ4n) is 1.62. The third-order valence-corrected chi connectivity index (χ3v) is 3.23. The van der Waals surface area contributed by atoms with Gasteiger partial charge in [-0.2, -0.15) is 0 Å². The van der Waals surface area contributed by atoms with Crippen LogP contribution in [0.15, 0.2) is 24.3 Å². The molecule has 2 N–H and O–H groups in total. The van der Waals surface area contributed by atoms with Crippen molar-refractivity contribution >= 4 is 46.5 Å². The predicted octanol–water partition coefficient (Wildman–Crippen LogP) is 1.44. The molecule has 0 unspecified atom stereocenters. The summed E-state index contributed by atoms with van der Waals surface area (Å²) in [5.74, 6) is -0.899. The molecule has 0 radical (unpaired) electrons. The molecule has 0 spiro atoms. The summed E-state index contributed by atoms with van der Waals surface area (Å²) in [5.41, 5.74) is 1.42. The average molecular weight is 337 g/mol. The number of benzene rings is 1. The third kappa shape index (κ3) is 6.43. The van der Waals surface area contributed by atoms with Crippen LogP contribution in [-0.2, 0) is 19.1 Å². The van der Waals surface area contributed by atoms with Gasteiger partial charge in [0.15, 0.2) is 5.11 Å². The molecule has 0 saturated heterocycles. The molecule has 8 heteroatoms. The number of nitrogens with one attached hydrogen (secondary N) is 2. The van der Waals surface area contributed by atoms with E-state index in [0.29, 0.717) is 5.69 Å². The first-order valence-corrected chi connectivity index (χ1v) is 7.26. The first kappa shape index (κ1) is 18.6. The number of anilines is 2. The van der Waals surface area contributed by atoms with Gasteiger partial charge in [0.05, 0.1) is 13.5 Å². The molecule has 0 atom stereocenters. The zero-order valence-electron chi connectivity index (χ0n) is 13.2. The van der Waals surface area contributed by atoms with Crippen LogP contribution in [0.5, 0.6) is 0 Å². The molecule has 1 aromatic carbocycles. The highest BCUT2D eigenvalue weighted by atomic mass is 32.1. The Labute approximate surface area is 140 Å². The summed E-state index contributed by atoms with van der Waals surface area (Å²) in [5, 5.41) is 5.45. The van der Waals surface area contributed by atoms with E-state index >= 15 is 0 Å². The lowest BCUT2D eigenvalue weighted by Crippen LogP contribution is -2.34. The van der Waals surface area contributed by atoms with E-state index in [1.165, 1.54) is 18.9 Å². The molecule has 0 fully saturated rings. The lowest BCUT2D eigenvalue weighted by atomic mass is 10.2. The van der Waals surface area contributed by atoms with Gasteiger partial charge in [-0.25, -0.2) is 0 Å². The Balaban J connectivity index is 2.49. The van der Waals surface area contributed by atoms with Crippen molar-refractivity contribution in [2.75, 3.05) is 24.4 Å². The van der Waals surface area contributed by atoms with E-state index in [1.54, 1.807) is 31.3 Å². The van der Waals surface area contributed by atoms with Crippen LogP contribution in [0.1, 0.15) is 19.8 Å². The SMILES string of the molecule is COC(=O)CCC(=O)NC(=S)Nc1ccc(N(C)C(C)=O)cc1. The molecule has 0 saturated carbocycles. The molecule has 1 aromatic rings. The maximum atomic E-state index is 11.6. The van der Waals surface area contributed by atoms with Gasteiger partial charge in [0.25, 0.3) is 0 Å². The number of hydrogen-bond donors (Lipinski definition) is 2. The standard InChI is InChI=1S/C15H19N3O4S/c1-10(19)18(2)12-6-4-11(5-7-12)16-15(23)17-13(20)8-9-14(21)22-3/h4-7H,8-9H2,1-3H3,(H2,16,17,20,23). The van der Waals surface area contributed by atoms with Crippen molar-refractivity contribution < 1.29 is 19.1 Å². The first-order valence-electron chi connectivity index (χ1n) is 6.85. The summed E-state index contributed by atoms with van der Waals surface area (Å²) < 4.78 is 4.45. The Morgan fingerprint density at radius 1 is 1.17 bits per heavy atom. The molecule has 1 rings (SSSR count). The summed E-state index contributed by atoms with van der Waals surface area (Å²) in [6.45, 7) is 1.48. The maximum absolute atomic E-state index is 11.6. The van der Waals surface area contributed by atoms with Crippen LogP contribution in [0.3, 0.4) is 0 Å². The van der Waals surface area contributed by atoms with Crippen molar-refractivity contribution in [3.05, 3.63) is 24.3 Å². The summed E-state index contributed by atoms with van der Waals surface area (Å²) >= 11 is 5.02. The smallest absolute Gasteiger partial charge is 0.306 e. The number of carbonyl (C=O) groups is 3. The summed E-state index contributed by atoms with van der Waals surface area (Å²) in [6.07, 6.45) is -0.00609. The molecule has 0 aliphatic carbocycles. The second-order valence-corrected chi connectivity index (χ2v) is 5.11. The van der Waals surface area contributed by atoms with E-state index in [9.17, 15) is 14.4 Å². The Kier molecular flexibility index (Phi) is 7.14. The van der Waals surface area contributed by atoms with Crippen LogP contribution in [0.2, 0.25) is 0 Å². The van der Waals surface area contributed by atoms with Crippen LogP contribution < -0.4 is 15.5 Å². The maximum Gasteiger partial charge on any atom is 0.306 e. The second-order valence-electron chi connectivity index (χ2n) is 4.70. The van der Waals surface area contributed by atoms with Crippen LogP contribution in [0, 0.1) is 0 Å². The van der Waals surface area contributed by atoms with Gasteiger partial charge in [-0.1, -0.05) is 0 Å². The Bertz CT molecular complexity index is 601. The van der Waals surface area contributed by atoms with Crippen LogP contribution in [0.4, 0.5) is 11.4 Å².